The number of para-hydroxylation sites is 2. The number of rotatable bonds is 5. The first kappa shape index (κ1) is 17.8. The van der Waals surface area contributed by atoms with Crippen LogP contribution in [0.4, 0.5) is 0 Å². The standard InChI is InChI=1S/C22H19N3O3S/c1-2-25-16-6-4-3-5-15(16)24-21(25)19-9-10-20(29-19)22(26)23-12-14-7-8-17-18(11-14)28-13-27-17/h3-11H,2,12-13H2,1H3,(H,23,26). The van der Waals surface area contributed by atoms with E-state index in [2.05, 4.69) is 22.9 Å². The number of carbonyl (C=O) groups excluding carboxylic acids is 1. The van der Waals surface area contributed by atoms with Gasteiger partial charge in [-0.2, -0.15) is 0 Å². The normalized spacial score (nSPS) is 12.4. The number of benzene rings is 2. The Bertz CT molecular complexity index is 1210. The van der Waals surface area contributed by atoms with Crippen LogP contribution in [0.5, 0.6) is 11.5 Å². The van der Waals surface area contributed by atoms with Crippen LogP contribution in [0.15, 0.2) is 54.6 Å². The number of hydrogen-bond acceptors (Lipinski definition) is 5. The summed E-state index contributed by atoms with van der Waals surface area (Å²) in [7, 11) is 0. The number of aryl methyl sites for hydroxylation is 1. The molecule has 2 aromatic heterocycles. The minimum absolute atomic E-state index is 0.0990. The highest BCUT2D eigenvalue weighted by molar-refractivity contribution is 7.17. The molecular formula is C22H19N3O3S. The highest BCUT2D eigenvalue weighted by Gasteiger charge is 2.17. The van der Waals surface area contributed by atoms with Crippen LogP contribution in [0, 0.1) is 0 Å². The fourth-order valence-corrected chi connectivity index (χ4v) is 4.41. The first-order valence-electron chi connectivity index (χ1n) is 9.45. The number of ether oxygens (including phenoxy) is 2. The molecule has 1 aliphatic rings. The van der Waals surface area contributed by atoms with Gasteiger partial charge in [0, 0.05) is 13.1 Å². The molecule has 6 nitrogen and oxygen atoms in total. The van der Waals surface area contributed by atoms with Crippen molar-refractivity contribution in [3.8, 4) is 22.2 Å². The quantitative estimate of drug-likeness (QED) is 0.533. The van der Waals surface area contributed by atoms with Crippen molar-refractivity contribution in [1.29, 1.82) is 0 Å². The van der Waals surface area contributed by atoms with Gasteiger partial charge in [-0.3, -0.25) is 4.79 Å². The Labute approximate surface area is 171 Å². The lowest BCUT2D eigenvalue weighted by atomic mass is 10.2. The zero-order valence-corrected chi connectivity index (χ0v) is 16.7. The highest BCUT2D eigenvalue weighted by atomic mass is 32.1. The fourth-order valence-electron chi connectivity index (χ4n) is 3.48. The summed E-state index contributed by atoms with van der Waals surface area (Å²) in [6.45, 7) is 3.59. The van der Waals surface area contributed by atoms with E-state index in [1.807, 2.05) is 48.5 Å². The van der Waals surface area contributed by atoms with Gasteiger partial charge >= 0.3 is 0 Å². The number of hydrogen-bond donors (Lipinski definition) is 1. The summed E-state index contributed by atoms with van der Waals surface area (Å²) in [6, 6.07) is 17.6. The zero-order valence-electron chi connectivity index (χ0n) is 15.8. The molecule has 2 aromatic carbocycles. The summed E-state index contributed by atoms with van der Waals surface area (Å²) in [5, 5.41) is 2.97. The van der Waals surface area contributed by atoms with Crippen molar-refractivity contribution < 1.29 is 14.3 Å². The molecule has 3 heterocycles. The Kier molecular flexibility index (Phi) is 4.44. The minimum Gasteiger partial charge on any atom is -0.454 e. The Morgan fingerprint density at radius 2 is 2.00 bits per heavy atom. The van der Waals surface area contributed by atoms with Crippen molar-refractivity contribution in [2.45, 2.75) is 20.0 Å². The van der Waals surface area contributed by atoms with Gasteiger partial charge in [0.25, 0.3) is 5.91 Å². The van der Waals surface area contributed by atoms with Crippen molar-refractivity contribution in [3.63, 3.8) is 0 Å². The van der Waals surface area contributed by atoms with E-state index in [0.717, 1.165) is 39.6 Å². The predicted octanol–water partition coefficient (Wildman–Crippen LogP) is 4.44. The monoisotopic (exact) mass is 405 g/mol. The molecule has 29 heavy (non-hydrogen) atoms. The first-order chi connectivity index (χ1) is 14.2. The molecule has 0 atom stereocenters. The molecule has 146 valence electrons. The number of carbonyl (C=O) groups is 1. The maximum atomic E-state index is 12.6. The van der Waals surface area contributed by atoms with Crippen LogP contribution in [0.2, 0.25) is 0 Å². The predicted molar refractivity (Wildman–Crippen MR) is 112 cm³/mol. The summed E-state index contributed by atoms with van der Waals surface area (Å²) in [5.74, 6) is 2.25. The molecule has 0 unspecified atom stereocenters. The van der Waals surface area contributed by atoms with Gasteiger partial charge in [0.05, 0.1) is 20.8 Å². The molecule has 1 N–H and O–H groups in total. The Morgan fingerprint density at radius 3 is 2.90 bits per heavy atom. The molecule has 0 radical (unpaired) electrons. The third-order valence-electron chi connectivity index (χ3n) is 4.91. The third-order valence-corrected chi connectivity index (χ3v) is 5.99. The lowest BCUT2D eigenvalue weighted by molar-refractivity contribution is 0.0955. The fraction of sp³-hybridized carbons (Fsp3) is 0.182. The van der Waals surface area contributed by atoms with Crippen LogP contribution in [0.3, 0.4) is 0 Å². The highest BCUT2D eigenvalue weighted by Crippen LogP contribution is 2.33. The van der Waals surface area contributed by atoms with Gasteiger partial charge in [0.15, 0.2) is 17.3 Å². The number of imidazole rings is 1. The molecule has 1 aliphatic heterocycles. The van der Waals surface area contributed by atoms with Crippen LogP contribution in [0.1, 0.15) is 22.2 Å². The molecule has 0 aliphatic carbocycles. The van der Waals surface area contributed by atoms with Crippen molar-refractivity contribution >= 4 is 28.3 Å². The molecule has 0 bridgehead atoms. The SMILES string of the molecule is CCn1c(-c2ccc(C(=O)NCc3ccc4c(c3)OCO4)s2)nc2ccccc21. The van der Waals surface area contributed by atoms with E-state index in [-0.39, 0.29) is 12.7 Å². The van der Waals surface area contributed by atoms with Crippen LogP contribution in [0.25, 0.3) is 21.7 Å². The molecule has 4 aromatic rings. The summed E-state index contributed by atoms with van der Waals surface area (Å²) in [6.07, 6.45) is 0. The Morgan fingerprint density at radius 1 is 1.14 bits per heavy atom. The largest absolute Gasteiger partial charge is 0.454 e. The zero-order chi connectivity index (χ0) is 19.8. The average Bonchev–Trinajstić information content (AvgIpc) is 3.48. The molecule has 0 spiro atoms. The number of nitrogens with one attached hydrogen (secondary N) is 1. The maximum Gasteiger partial charge on any atom is 0.261 e. The van der Waals surface area contributed by atoms with Gasteiger partial charge in [-0.25, -0.2) is 4.98 Å². The van der Waals surface area contributed by atoms with Gasteiger partial charge < -0.3 is 19.4 Å². The molecule has 0 fully saturated rings. The number of thiophene rings is 1. The van der Waals surface area contributed by atoms with Crippen LogP contribution in [-0.2, 0) is 13.1 Å². The average molecular weight is 405 g/mol. The maximum absolute atomic E-state index is 12.6. The van der Waals surface area contributed by atoms with Crippen LogP contribution >= 0.6 is 11.3 Å². The molecule has 5 rings (SSSR count). The first-order valence-corrected chi connectivity index (χ1v) is 10.3. The van der Waals surface area contributed by atoms with E-state index in [1.54, 1.807) is 0 Å². The molecule has 7 heteroatoms. The van der Waals surface area contributed by atoms with E-state index in [0.29, 0.717) is 17.2 Å². The van der Waals surface area contributed by atoms with E-state index >= 15 is 0 Å². The summed E-state index contributed by atoms with van der Waals surface area (Å²) in [5.41, 5.74) is 3.03. The van der Waals surface area contributed by atoms with Crippen LogP contribution in [-0.4, -0.2) is 22.3 Å². The van der Waals surface area contributed by atoms with Crippen LogP contribution < -0.4 is 14.8 Å². The topological polar surface area (TPSA) is 65.4 Å². The van der Waals surface area contributed by atoms with E-state index in [1.165, 1.54) is 11.3 Å². The number of nitrogens with zero attached hydrogens (tertiary/aromatic N) is 2. The van der Waals surface area contributed by atoms with Gasteiger partial charge in [0.2, 0.25) is 6.79 Å². The van der Waals surface area contributed by atoms with Gasteiger partial charge in [-0.15, -0.1) is 11.3 Å². The number of amides is 1. The van der Waals surface area contributed by atoms with Gasteiger partial charge in [-0.05, 0) is 48.9 Å². The summed E-state index contributed by atoms with van der Waals surface area (Å²) < 4.78 is 12.9. The molecular weight excluding hydrogens is 386 g/mol. The van der Waals surface area contributed by atoms with Crippen molar-refractivity contribution in [3.05, 3.63) is 65.0 Å². The van der Waals surface area contributed by atoms with Crippen molar-refractivity contribution in [1.82, 2.24) is 14.9 Å². The Balaban J connectivity index is 1.34. The van der Waals surface area contributed by atoms with E-state index in [4.69, 9.17) is 14.5 Å². The summed E-state index contributed by atoms with van der Waals surface area (Å²) >= 11 is 1.45. The number of fused-ring (bicyclic) bond motifs is 2. The van der Waals surface area contributed by atoms with E-state index < -0.39 is 0 Å². The lowest BCUT2D eigenvalue weighted by Gasteiger charge is -2.05. The molecule has 0 saturated heterocycles. The van der Waals surface area contributed by atoms with Crippen molar-refractivity contribution in [2.24, 2.45) is 0 Å². The third kappa shape index (κ3) is 3.23. The minimum atomic E-state index is -0.0990. The second-order valence-electron chi connectivity index (χ2n) is 6.70. The lowest BCUT2D eigenvalue weighted by Crippen LogP contribution is -2.21. The second-order valence-corrected chi connectivity index (χ2v) is 7.79. The van der Waals surface area contributed by atoms with Crippen molar-refractivity contribution in [2.75, 3.05) is 6.79 Å². The second kappa shape index (κ2) is 7.25. The van der Waals surface area contributed by atoms with Gasteiger partial charge in [-0.1, -0.05) is 18.2 Å². The van der Waals surface area contributed by atoms with Gasteiger partial charge in [0.1, 0.15) is 0 Å². The number of aromatic nitrogens is 2. The molecule has 0 saturated carbocycles. The van der Waals surface area contributed by atoms with E-state index in [9.17, 15) is 4.79 Å². The molecule has 1 amide bonds. The summed E-state index contributed by atoms with van der Waals surface area (Å²) in [4.78, 5) is 19.1. The smallest absolute Gasteiger partial charge is 0.261 e. The Hall–Kier alpha value is -3.32.